The van der Waals surface area contributed by atoms with Gasteiger partial charge in [-0.05, 0) is 13.0 Å². The maximum Gasteiger partial charge on any atom is 0.573 e. The molecule has 1 heterocycles. The summed E-state index contributed by atoms with van der Waals surface area (Å²) >= 11 is 3.15. The molecule has 0 aliphatic heterocycles. The highest BCUT2D eigenvalue weighted by Crippen LogP contribution is 2.30. The predicted molar refractivity (Wildman–Crippen MR) is 57.6 cm³/mol. The number of aryl methyl sites for hydroxylation is 1. The molecule has 0 aliphatic carbocycles. The molecular weight excluding hydrogens is 301 g/mol. The Morgan fingerprint density at radius 1 is 1.53 bits per heavy atom. The molecule has 0 radical (unpaired) electrons. The molecule has 92 valence electrons. The van der Waals surface area contributed by atoms with Crippen LogP contribution in [0.25, 0.3) is 0 Å². The largest absolute Gasteiger partial charge is 0.573 e. The Bertz CT molecular complexity index is 454. The number of nitriles is 1. The minimum atomic E-state index is -4.79. The number of aromatic nitrogens is 1. The second kappa shape index (κ2) is 5.36. The lowest BCUT2D eigenvalue weighted by Crippen LogP contribution is -2.19. The number of ether oxygens (including phenoxy) is 1. The van der Waals surface area contributed by atoms with Crippen LogP contribution in [0.4, 0.5) is 13.2 Å². The lowest BCUT2D eigenvalue weighted by Gasteiger charge is -2.14. The third-order valence-corrected chi connectivity index (χ3v) is 2.47. The van der Waals surface area contributed by atoms with Crippen LogP contribution in [0.2, 0.25) is 0 Å². The zero-order valence-electron chi connectivity index (χ0n) is 8.81. The highest BCUT2D eigenvalue weighted by Gasteiger charge is 2.33. The summed E-state index contributed by atoms with van der Waals surface area (Å²) in [6, 6.07) is 3.22. The van der Waals surface area contributed by atoms with Gasteiger partial charge in [-0.1, -0.05) is 15.9 Å². The molecule has 1 rings (SSSR count). The van der Waals surface area contributed by atoms with E-state index in [-0.39, 0.29) is 23.4 Å². The first-order valence-corrected chi connectivity index (χ1v) is 5.67. The number of pyridine rings is 1. The Balaban J connectivity index is 3.22. The van der Waals surface area contributed by atoms with Crippen LogP contribution in [-0.2, 0) is 11.8 Å². The molecule has 7 heteroatoms. The van der Waals surface area contributed by atoms with Gasteiger partial charge < -0.3 is 4.74 Å². The van der Waals surface area contributed by atoms with E-state index in [1.807, 2.05) is 0 Å². The van der Waals surface area contributed by atoms with Gasteiger partial charge in [0.2, 0.25) is 0 Å². The molecule has 0 spiro atoms. The topological polar surface area (TPSA) is 45.9 Å². The van der Waals surface area contributed by atoms with Gasteiger partial charge in [-0.15, -0.1) is 13.2 Å². The van der Waals surface area contributed by atoms with Crippen LogP contribution in [-0.4, -0.2) is 11.3 Å². The van der Waals surface area contributed by atoms with E-state index in [4.69, 9.17) is 5.26 Å². The number of halogens is 4. The van der Waals surface area contributed by atoms with Gasteiger partial charge in [0.1, 0.15) is 0 Å². The maximum absolute atomic E-state index is 12.2. The van der Waals surface area contributed by atoms with Gasteiger partial charge >= 0.3 is 6.36 Å². The molecule has 0 amide bonds. The van der Waals surface area contributed by atoms with Crippen molar-refractivity contribution in [1.82, 2.24) is 4.98 Å². The van der Waals surface area contributed by atoms with Gasteiger partial charge in [0.25, 0.3) is 0 Å². The van der Waals surface area contributed by atoms with Crippen molar-refractivity contribution >= 4 is 15.9 Å². The fourth-order valence-corrected chi connectivity index (χ4v) is 1.62. The fourth-order valence-electron chi connectivity index (χ4n) is 1.34. The van der Waals surface area contributed by atoms with Crippen molar-refractivity contribution in [2.45, 2.75) is 25.0 Å². The molecule has 0 fully saturated rings. The van der Waals surface area contributed by atoms with E-state index < -0.39 is 6.36 Å². The molecule has 0 saturated carbocycles. The number of hydrogen-bond donors (Lipinski definition) is 0. The SMILES string of the molecule is Cc1nc(CBr)cc(CC#N)c1OC(F)(F)F. The summed E-state index contributed by atoms with van der Waals surface area (Å²) in [5.41, 5.74) is 0.860. The molecule has 17 heavy (non-hydrogen) atoms. The second-order valence-corrected chi connectivity index (χ2v) is 3.76. The monoisotopic (exact) mass is 308 g/mol. The van der Waals surface area contributed by atoms with Crippen molar-refractivity contribution in [3.63, 3.8) is 0 Å². The first-order valence-electron chi connectivity index (χ1n) is 4.55. The molecule has 0 aliphatic rings. The number of rotatable bonds is 3. The Morgan fingerprint density at radius 2 is 2.18 bits per heavy atom. The van der Waals surface area contributed by atoms with Crippen LogP contribution in [0.1, 0.15) is 17.0 Å². The Hall–Kier alpha value is -1.29. The third kappa shape index (κ3) is 3.89. The molecule has 1 aromatic heterocycles. The summed E-state index contributed by atoms with van der Waals surface area (Å²) in [7, 11) is 0. The first kappa shape index (κ1) is 13.8. The number of hydrogen-bond acceptors (Lipinski definition) is 3. The summed E-state index contributed by atoms with van der Waals surface area (Å²) < 4.78 is 40.4. The average Bonchev–Trinajstić information content (AvgIpc) is 2.21. The van der Waals surface area contributed by atoms with Crippen molar-refractivity contribution in [1.29, 1.82) is 5.26 Å². The molecular formula is C10H8BrF3N2O. The van der Waals surface area contributed by atoms with Crippen LogP contribution in [0, 0.1) is 18.3 Å². The van der Waals surface area contributed by atoms with Crippen LogP contribution in [0.15, 0.2) is 6.07 Å². The predicted octanol–water partition coefficient (Wildman–Crippen LogP) is 3.25. The molecule has 0 aromatic carbocycles. The van der Waals surface area contributed by atoms with Crippen molar-refractivity contribution in [2.75, 3.05) is 0 Å². The zero-order chi connectivity index (χ0) is 13.1. The summed E-state index contributed by atoms with van der Waals surface area (Å²) in [5, 5.41) is 8.98. The summed E-state index contributed by atoms with van der Waals surface area (Å²) in [6.07, 6.45) is -4.94. The quantitative estimate of drug-likeness (QED) is 0.805. The normalized spacial score (nSPS) is 11.1. The second-order valence-electron chi connectivity index (χ2n) is 3.20. The smallest absolute Gasteiger partial charge is 0.404 e. The highest BCUT2D eigenvalue weighted by molar-refractivity contribution is 9.08. The van der Waals surface area contributed by atoms with Crippen molar-refractivity contribution in [2.24, 2.45) is 0 Å². The van der Waals surface area contributed by atoms with Gasteiger partial charge in [-0.2, -0.15) is 5.26 Å². The van der Waals surface area contributed by atoms with Gasteiger partial charge in [-0.3, -0.25) is 4.98 Å². The van der Waals surface area contributed by atoms with Crippen LogP contribution in [0.3, 0.4) is 0 Å². The van der Waals surface area contributed by atoms with E-state index in [1.165, 1.54) is 13.0 Å². The van der Waals surface area contributed by atoms with Gasteiger partial charge in [0, 0.05) is 10.9 Å². The fraction of sp³-hybridized carbons (Fsp3) is 0.400. The van der Waals surface area contributed by atoms with Gasteiger partial charge in [-0.25, -0.2) is 0 Å². The van der Waals surface area contributed by atoms with Crippen LogP contribution < -0.4 is 4.74 Å². The molecule has 0 unspecified atom stereocenters. The summed E-state index contributed by atoms with van der Waals surface area (Å²) in [5.74, 6) is -0.385. The highest BCUT2D eigenvalue weighted by atomic mass is 79.9. The molecule has 3 nitrogen and oxygen atoms in total. The summed E-state index contributed by atoms with van der Waals surface area (Å²) in [6.45, 7) is 1.41. The Morgan fingerprint density at radius 3 is 2.65 bits per heavy atom. The molecule has 0 atom stereocenters. The van der Waals surface area contributed by atoms with E-state index in [9.17, 15) is 13.2 Å². The van der Waals surface area contributed by atoms with Crippen molar-refractivity contribution in [3.05, 3.63) is 23.0 Å². The van der Waals surface area contributed by atoms with Crippen molar-refractivity contribution in [3.8, 4) is 11.8 Å². The Kier molecular flexibility index (Phi) is 4.34. The lowest BCUT2D eigenvalue weighted by molar-refractivity contribution is -0.275. The average molecular weight is 309 g/mol. The number of nitrogens with zero attached hydrogens (tertiary/aromatic N) is 2. The zero-order valence-corrected chi connectivity index (χ0v) is 10.4. The molecule has 0 N–H and O–H groups in total. The number of alkyl halides is 4. The van der Waals surface area contributed by atoms with E-state index >= 15 is 0 Å². The van der Waals surface area contributed by atoms with E-state index in [0.717, 1.165) is 0 Å². The van der Waals surface area contributed by atoms with Crippen LogP contribution >= 0.6 is 15.9 Å². The van der Waals surface area contributed by atoms with E-state index in [2.05, 4.69) is 25.7 Å². The van der Waals surface area contributed by atoms with Crippen molar-refractivity contribution < 1.29 is 17.9 Å². The third-order valence-electron chi connectivity index (χ3n) is 1.90. The molecule has 0 saturated heterocycles. The standard InChI is InChI=1S/C10H8BrF3N2O/c1-6-9(17-10(12,13)14)7(2-3-15)4-8(5-11)16-6/h4H,2,5H2,1H3. The molecule has 1 aromatic rings. The minimum Gasteiger partial charge on any atom is -0.404 e. The van der Waals surface area contributed by atoms with Crippen LogP contribution in [0.5, 0.6) is 5.75 Å². The maximum atomic E-state index is 12.2. The summed E-state index contributed by atoms with van der Waals surface area (Å²) in [4.78, 5) is 3.94. The first-order chi connectivity index (χ1) is 7.87. The molecule has 0 bridgehead atoms. The Labute approximate surface area is 104 Å². The minimum absolute atomic E-state index is 0.115. The van der Waals surface area contributed by atoms with E-state index in [0.29, 0.717) is 11.0 Å². The lowest BCUT2D eigenvalue weighted by atomic mass is 10.1. The van der Waals surface area contributed by atoms with Gasteiger partial charge in [0.05, 0.1) is 23.9 Å². The van der Waals surface area contributed by atoms with Gasteiger partial charge in [0.15, 0.2) is 5.75 Å². The van der Waals surface area contributed by atoms with E-state index in [1.54, 1.807) is 6.07 Å².